The summed E-state index contributed by atoms with van der Waals surface area (Å²) < 4.78 is 17.8. The molecule has 4 rings (SSSR count). The van der Waals surface area contributed by atoms with E-state index in [4.69, 9.17) is 11.6 Å². The smallest absolute Gasteiger partial charge is 0.224 e. The van der Waals surface area contributed by atoms with Crippen molar-refractivity contribution in [2.75, 3.05) is 0 Å². The Kier molecular flexibility index (Phi) is 4.17. The molecule has 0 fully saturated rings. The summed E-state index contributed by atoms with van der Waals surface area (Å²) in [6, 6.07) is 6.78. The molecule has 0 radical (unpaired) electrons. The highest BCUT2D eigenvalue weighted by Crippen LogP contribution is 2.36. The second kappa shape index (κ2) is 6.20. The maximum atomic E-state index is 13.8. The molecular formula is C16H11ClFIN4S. The number of aryl methyl sites for hydroxylation is 1. The predicted molar refractivity (Wildman–Crippen MR) is 106 cm³/mol. The number of hydrogen-bond acceptors (Lipinski definition) is 3. The lowest BCUT2D eigenvalue weighted by molar-refractivity contribution is 0.629. The Balaban J connectivity index is 2.10. The van der Waals surface area contributed by atoms with Gasteiger partial charge >= 0.3 is 0 Å². The molecule has 0 saturated heterocycles. The van der Waals surface area contributed by atoms with Crippen LogP contribution in [-0.4, -0.2) is 18.5 Å². The number of nitrogens with zero attached hydrogens (tertiary/aromatic N) is 4. The summed E-state index contributed by atoms with van der Waals surface area (Å²) in [5.74, 6) is -0.269. The minimum Gasteiger partial charge on any atom is -0.347 e. The first-order chi connectivity index (χ1) is 11.6. The quantitative estimate of drug-likeness (QED) is 0.283. The van der Waals surface area contributed by atoms with Crippen LogP contribution in [0.5, 0.6) is 0 Å². The number of aromatic nitrogens is 4. The van der Waals surface area contributed by atoms with Crippen molar-refractivity contribution >= 4 is 63.9 Å². The molecule has 3 aromatic heterocycles. The van der Waals surface area contributed by atoms with Gasteiger partial charge in [-0.05, 0) is 42.8 Å². The molecule has 0 spiro atoms. The van der Waals surface area contributed by atoms with E-state index in [0.717, 1.165) is 39.7 Å². The van der Waals surface area contributed by atoms with Gasteiger partial charge in [-0.25, -0.2) is 9.37 Å². The Morgan fingerprint density at radius 2 is 2.08 bits per heavy atom. The highest BCUT2D eigenvalue weighted by atomic mass is 127. The summed E-state index contributed by atoms with van der Waals surface area (Å²) >= 11 is 8.34. The standard InChI is InChI=1S/C16H11ClFIN4S/c1-2-22-8-12(11-7-9(18)3-4-13(11)22)14-10-5-6-23(24-19)15(10)21-16(17)20-14/h3-8H,2H2,1H3. The molecule has 0 atom stereocenters. The lowest BCUT2D eigenvalue weighted by atomic mass is 10.1. The van der Waals surface area contributed by atoms with Gasteiger partial charge in [-0.3, -0.25) is 3.97 Å². The molecule has 1 aromatic carbocycles. The van der Waals surface area contributed by atoms with E-state index < -0.39 is 0 Å². The fourth-order valence-corrected chi connectivity index (χ4v) is 4.38. The number of benzene rings is 1. The van der Waals surface area contributed by atoms with E-state index in [1.54, 1.807) is 12.1 Å². The van der Waals surface area contributed by atoms with E-state index in [0.29, 0.717) is 0 Å². The van der Waals surface area contributed by atoms with Crippen LogP contribution in [0.1, 0.15) is 6.92 Å². The molecule has 4 nitrogen and oxygen atoms in total. The van der Waals surface area contributed by atoms with Gasteiger partial charge in [0, 0.05) is 71.1 Å². The summed E-state index contributed by atoms with van der Waals surface area (Å²) in [4.78, 5) is 8.77. The topological polar surface area (TPSA) is 35.6 Å². The van der Waals surface area contributed by atoms with Crippen LogP contribution < -0.4 is 0 Å². The zero-order valence-corrected chi connectivity index (χ0v) is 16.2. The van der Waals surface area contributed by atoms with Crippen LogP contribution >= 0.6 is 41.9 Å². The van der Waals surface area contributed by atoms with Crippen LogP contribution in [-0.2, 0) is 6.54 Å². The van der Waals surface area contributed by atoms with E-state index in [-0.39, 0.29) is 11.1 Å². The Morgan fingerprint density at radius 1 is 1.25 bits per heavy atom. The van der Waals surface area contributed by atoms with Crippen LogP contribution in [0.15, 0.2) is 36.7 Å². The van der Waals surface area contributed by atoms with Gasteiger partial charge in [0.2, 0.25) is 5.28 Å². The third-order valence-corrected chi connectivity index (χ3v) is 5.88. The van der Waals surface area contributed by atoms with Crippen molar-refractivity contribution in [3.05, 3.63) is 47.8 Å². The summed E-state index contributed by atoms with van der Waals surface area (Å²) in [7, 11) is 1.51. The molecule has 0 amide bonds. The van der Waals surface area contributed by atoms with E-state index in [1.807, 2.05) is 22.4 Å². The molecule has 8 heteroatoms. The summed E-state index contributed by atoms with van der Waals surface area (Å²) in [6.45, 7) is 2.84. The van der Waals surface area contributed by atoms with Crippen LogP contribution in [0.3, 0.4) is 0 Å². The number of halogens is 3. The molecule has 3 heterocycles. The van der Waals surface area contributed by atoms with Crippen molar-refractivity contribution < 1.29 is 4.39 Å². The normalized spacial score (nSPS) is 11.7. The third-order valence-electron chi connectivity index (χ3n) is 4.00. The summed E-state index contributed by atoms with van der Waals surface area (Å²) in [6.07, 6.45) is 3.92. The lowest BCUT2D eigenvalue weighted by Crippen LogP contribution is -1.92. The van der Waals surface area contributed by atoms with Crippen molar-refractivity contribution in [3.63, 3.8) is 0 Å². The van der Waals surface area contributed by atoms with Crippen molar-refractivity contribution in [2.45, 2.75) is 13.5 Å². The maximum Gasteiger partial charge on any atom is 0.224 e. The summed E-state index contributed by atoms with van der Waals surface area (Å²) in [5, 5.41) is 1.89. The van der Waals surface area contributed by atoms with Crippen molar-refractivity contribution in [1.29, 1.82) is 0 Å². The lowest BCUT2D eigenvalue weighted by Gasteiger charge is -2.04. The highest BCUT2D eigenvalue weighted by molar-refractivity contribution is 14.2. The zero-order valence-electron chi connectivity index (χ0n) is 12.5. The summed E-state index contributed by atoms with van der Waals surface area (Å²) in [5.41, 5.74) is 3.30. The molecule has 0 aliphatic carbocycles. The van der Waals surface area contributed by atoms with Gasteiger partial charge in [0.05, 0.1) is 5.69 Å². The molecule has 24 heavy (non-hydrogen) atoms. The Morgan fingerprint density at radius 3 is 2.83 bits per heavy atom. The van der Waals surface area contributed by atoms with Gasteiger partial charge in [0.1, 0.15) is 5.82 Å². The van der Waals surface area contributed by atoms with Gasteiger partial charge in [-0.2, -0.15) is 4.98 Å². The zero-order chi connectivity index (χ0) is 16.8. The monoisotopic (exact) mass is 472 g/mol. The van der Waals surface area contributed by atoms with Gasteiger partial charge in [0.25, 0.3) is 0 Å². The Labute approximate surface area is 158 Å². The van der Waals surface area contributed by atoms with Crippen molar-refractivity contribution in [1.82, 2.24) is 18.5 Å². The predicted octanol–water partition coefficient (Wildman–Crippen LogP) is 5.71. The van der Waals surface area contributed by atoms with E-state index >= 15 is 0 Å². The molecule has 0 saturated carbocycles. The second-order valence-corrected chi connectivity index (χ2v) is 7.33. The van der Waals surface area contributed by atoms with Crippen LogP contribution in [0, 0.1) is 5.82 Å². The highest BCUT2D eigenvalue weighted by Gasteiger charge is 2.17. The van der Waals surface area contributed by atoms with E-state index in [1.165, 1.54) is 15.2 Å². The van der Waals surface area contributed by atoms with Gasteiger partial charge in [-0.15, -0.1) is 0 Å². The fourth-order valence-electron chi connectivity index (χ4n) is 2.95. The van der Waals surface area contributed by atoms with Crippen LogP contribution in [0.2, 0.25) is 5.28 Å². The average molecular weight is 473 g/mol. The minimum absolute atomic E-state index is 0.178. The molecule has 0 aliphatic rings. The first kappa shape index (κ1) is 16.2. The van der Waals surface area contributed by atoms with Crippen LogP contribution in [0.4, 0.5) is 4.39 Å². The molecule has 122 valence electrons. The van der Waals surface area contributed by atoms with Crippen LogP contribution in [0.25, 0.3) is 33.2 Å². The number of fused-ring (bicyclic) bond motifs is 2. The van der Waals surface area contributed by atoms with E-state index in [2.05, 4.69) is 42.7 Å². The van der Waals surface area contributed by atoms with Gasteiger partial charge in [-0.1, -0.05) is 0 Å². The third kappa shape index (κ3) is 2.49. The maximum absolute atomic E-state index is 13.8. The Hall–Kier alpha value is -1.32. The fraction of sp³-hybridized carbons (Fsp3) is 0.125. The minimum atomic E-state index is -0.269. The SMILES string of the molecule is CCn1cc(-c2nc(Cl)nc3c2ccn3SI)c2cc(F)ccc21. The largest absolute Gasteiger partial charge is 0.347 e. The molecule has 0 unspecified atom stereocenters. The first-order valence-electron chi connectivity index (χ1n) is 7.24. The van der Waals surface area contributed by atoms with Crippen molar-refractivity contribution in [3.8, 4) is 11.3 Å². The van der Waals surface area contributed by atoms with E-state index in [9.17, 15) is 4.39 Å². The number of hydrogen-bond donors (Lipinski definition) is 0. The Bertz CT molecular complexity index is 1070. The van der Waals surface area contributed by atoms with Gasteiger partial charge < -0.3 is 4.57 Å². The molecule has 4 aromatic rings. The molecule has 0 N–H and O–H groups in total. The number of rotatable bonds is 3. The van der Waals surface area contributed by atoms with Crippen molar-refractivity contribution in [2.24, 2.45) is 0 Å². The average Bonchev–Trinajstić information content (AvgIpc) is 3.14. The first-order valence-corrected chi connectivity index (χ1v) is 10.9. The molecule has 0 bridgehead atoms. The molecular weight excluding hydrogens is 462 g/mol. The second-order valence-electron chi connectivity index (χ2n) is 5.28. The van der Waals surface area contributed by atoms with Gasteiger partial charge in [0.15, 0.2) is 5.65 Å². The molecule has 0 aliphatic heterocycles.